The molecule has 2 rings (SSSR count). The Hall–Kier alpha value is -0.210. The Morgan fingerprint density at radius 2 is 2.10 bits per heavy atom. The molecule has 4 nitrogen and oxygen atoms in total. The minimum Gasteiger partial charge on any atom is -0.313 e. The summed E-state index contributed by atoms with van der Waals surface area (Å²) in [5, 5.41) is 3.56. The minimum atomic E-state index is -3.43. The van der Waals surface area contributed by atoms with E-state index in [9.17, 15) is 8.42 Å². The topological polar surface area (TPSA) is 58.2 Å². The van der Waals surface area contributed by atoms with Crippen LogP contribution in [0.15, 0.2) is 29.2 Å². The molecule has 118 valence electrons. The molecule has 1 saturated heterocycles. The first-order valence-corrected chi connectivity index (χ1v) is 10.8. The summed E-state index contributed by atoms with van der Waals surface area (Å²) in [5.74, 6) is 3.29. The van der Waals surface area contributed by atoms with Gasteiger partial charge in [0.15, 0.2) is 0 Å². The maximum atomic E-state index is 12.5. The van der Waals surface area contributed by atoms with Gasteiger partial charge in [-0.25, -0.2) is 13.1 Å². The highest BCUT2D eigenvalue weighted by molar-refractivity contribution is 8.06. The van der Waals surface area contributed by atoms with Crippen LogP contribution in [0.25, 0.3) is 0 Å². The summed E-state index contributed by atoms with van der Waals surface area (Å²) >= 11 is 3.76. The SMILES string of the molecule is CCNCc1ccccc1S(=O)(=O)NCC1CSCCS1. The van der Waals surface area contributed by atoms with Gasteiger partial charge >= 0.3 is 0 Å². The van der Waals surface area contributed by atoms with Crippen molar-refractivity contribution in [1.82, 2.24) is 10.0 Å². The van der Waals surface area contributed by atoms with Gasteiger partial charge in [-0.05, 0) is 18.2 Å². The lowest BCUT2D eigenvalue weighted by atomic mass is 10.2. The quantitative estimate of drug-likeness (QED) is 0.790. The first-order valence-electron chi connectivity index (χ1n) is 7.11. The Kier molecular flexibility index (Phi) is 6.88. The summed E-state index contributed by atoms with van der Waals surface area (Å²) in [6.07, 6.45) is 0. The van der Waals surface area contributed by atoms with Crippen molar-refractivity contribution in [3.8, 4) is 0 Å². The van der Waals surface area contributed by atoms with E-state index in [4.69, 9.17) is 0 Å². The Labute approximate surface area is 135 Å². The van der Waals surface area contributed by atoms with Crippen LogP contribution in [0, 0.1) is 0 Å². The van der Waals surface area contributed by atoms with Crippen LogP contribution in [0.1, 0.15) is 12.5 Å². The summed E-state index contributed by atoms with van der Waals surface area (Å²) in [4.78, 5) is 0.388. The molecular weight excluding hydrogens is 324 g/mol. The number of hydrogen-bond donors (Lipinski definition) is 2. The van der Waals surface area contributed by atoms with Crippen molar-refractivity contribution in [3.05, 3.63) is 29.8 Å². The molecule has 0 amide bonds. The molecule has 1 aromatic carbocycles. The zero-order chi connectivity index (χ0) is 15.1. The van der Waals surface area contributed by atoms with Gasteiger partial charge in [0.25, 0.3) is 0 Å². The molecule has 0 spiro atoms. The predicted molar refractivity (Wildman–Crippen MR) is 92.6 cm³/mol. The molecule has 7 heteroatoms. The van der Waals surface area contributed by atoms with Crippen LogP contribution >= 0.6 is 23.5 Å². The smallest absolute Gasteiger partial charge is 0.240 e. The molecule has 1 fully saturated rings. The van der Waals surface area contributed by atoms with Crippen molar-refractivity contribution in [2.24, 2.45) is 0 Å². The van der Waals surface area contributed by atoms with E-state index in [0.717, 1.165) is 23.6 Å². The third-order valence-electron chi connectivity index (χ3n) is 3.21. The molecule has 1 unspecified atom stereocenters. The number of nitrogens with one attached hydrogen (secondary N) is 2. The van der Waals surface area contributed by atoms with Crippen LogP contribution in [0.3, 0.4) is 0 Å². The average Bonchev–Trinajstić information content (AvgIpc) is 2.52. The van der Waals surface area contributed by atoms with Gasteiger partial charge in [0.2, 0.25) is 10.0 Å². The highest BCUT2D eigenvalue weighted by Crippen LogP contribution is 2.24. The molecule has 2 N–H and O–H groups in total. The highest BCUT2D eigenvalue weighted by atomic mass is 32.2. The fourth-order valence-electron chi connectivity index (χ4n) is 2.11. The maximum Gasteiger partial charge on any atom is 0.240 e. The number of thioether (sulfide) groups is 2. The summed E-state index contributed by atoms with van der Waals surface area (Å²) < 4.78 is 27.8. The van der Waals surface area contributed by atoms with E-state index >= 15 is 0 Å². The first-order chi connectivity index (χ1) is 10.1. The van der Waals surface area contributed by atoms with Gasteiger partial charge in [0.1, 0.15) is 0 Å². The third kappa shape index (κ3) is 5.17. The van der Waals surface area contributed by atoms with E-state index in [1.165, 1.54) is 5.75 Å². The fraction of sp³-hybridized carbons (Fsp3) is 0.571. The molecule has 0 saturated carbocycles. The Morgan fingerprint density at radius 1 is 1.29 bits per heavy atom. The molecule has 1 aromatic rings. The zero-order valence-electron chi connectivity index (χ0n) is 12.2. The normalized spacial score (nSPS) is 19.6. The summed E-state index contributed by atoms with van der Waals surface area (Å²) in [6.45, 7) is 3.90. The lowest BCUT2D eigenvalue weighted by Crippen LogP contribution is -2.34. The Balaban J connectivity index is 2.04. The van der Waals surface area contributed by atoms with Gasteiger partial charge in [-0.1, -0.05) is 25.1 Å². The number of benzene rings is 1. The molecule has 0 aliphatic carbocycles. The van der Waals surface area contributed by atoms with Crippen LogP contribution in [-0.4, -0.2) is 44.0 Å². The summed E-state index contributed by atoms with van der Waals surface area (Å²) in [5.41, 5.74) is 0.817. The van der Waals surface area contributed by atoms with Crippen molar-refractivity contribution in [1.29, 1.82) is 0 Å². The maximum absolute atomic E-state index is 12.5. The van der Waals surface area contributed by atoms with E-state index in [-0.39, 0.29) is 0 Å². The van der Waals surface area contributed by atoms with Gasteiger partial charge in [-0.15, -0.1) is 0 Å². The van der Waals surface area contributed by atoms with Crippen molar-refractivity contribution < 1.29 is 8.42 Å². The van der Waals surface area contributed by atoms with Gasteiger partial charge in [-0.2, -0.15) is 23.5 Å². The van der Waals surface area contributed by atoms with E-state index in [2.05, 4.69) is 10.0 Å². The van der Waals surface area contributed by atoms with Gasteiger partial charge in [-0.3, -0.25) is 0 Å². The highest BCUT2D eigenvalue weighted by Gasteiger charge is 2.21. The van der Waals surface area contributed by atoms with E-state index in [0.29, 0.717) is 23.2 Å². The number of hydrogen-bond acceptors (Lipinski definition) is 5. The molecule has 0 aromatic heterocycles. The summed E-state index contributed by atoms with van der Waals surface area (Å²) in [7, 11) is -3.43. The van der Waals surface area contributed by atoms with Gasteiger partial charge in [0, 0.05) is 35.6 Å². The lowest BCUT2D eigenvalue weighted by Gasteiger charge is -2.21. The molecule has 21 heavy (non-hydrogen) atoms. The Morgan fingerprint density at radius 3 is 2.81 bits per heavy atom. The van der Waals surface area contributed by atoms with Crippen LogP contribution < -0.4 is 10.0 Å². The van der Waals surface area contributed by atoms with E-state index in [1.807, 2.05) is 42.6 Å². The molecule has 1 heterocycles. The standard InChI is InChI=1S/C14H22N2O2S3/c1-2-15-9-12-5-3-4-6-14(12)21(17,18)16-10-13-11-19-7-8-20-13/h3-6,13,15-16H,2,7-11H2,1H3. The Bertz CT molecular complexity index is 543. The van der Waals surface area contributed by atoms with E-state index < -0.39 is 10.0 Å². The van der Waals surface area contributed by atoms with Crippen molar-refractivity contribution in [2.45, 2.75) is 23.6 Å². The molecule has 1 atom stereocenters. The van der Waals surface area contributed by atoms with Crippen LogP contribution in [-0.2, 0) is 16.6 Å². The molecule has 0 bridgehead atoms. The van der Waals surface area contributed by atoms with Crippen molar-refractivity contribution in [3.63, 3.8) is 0 Å². The number of rotatable bonds is 7. The first kappa shape index (κ1) is 17.1. The largest absolute Gasteiger partial charge is 0.313 e. The minimum absolute atomic E-state index is 0.374. The zero-order valence-corrected chi connectivity index (χ0v) is 14.6. The second-order valence-corrected chi connectivity index (χ2v) is 9.10. The third-order valence-corrected chi connectivity index (χ3v) is 7.58. The van der Waals surface area contributed by atoms with Crippen LogP contribution in [0.5, 0.6) is 0 Å². The second-order valence-electron chi connectivity index (χ2n) is 4.81. The van der Waals surface area contributed by atoms with E-state index in [1.54, 1.807) is 12.1 Å². The van der Waals surface area contributed by atoms with Gasteiger partial charge < -0.3 is 5.32 Å². The number of sulfonamides is 1. The lowest BCUT2D eigenvalue weighted by molar-refractivity contribution is 0.579. The van der Waals surface area contributed by atoms with Crippen LogP contribution in [0.2, 0.25) is 0 Å². The fourth-order valence-corrected chi connectivity index (χ4v) is 6.14. The van der Waals surface area contributed by atoms with Crippen molar-refractivity contribution >= 4 is 33.5 Å². The molecular formula is C14H22N2O2S3. The summed E-state index contributed by atoms with van der Waals surface area (Å²) in [6, 6.07) is 7.19. The molecule has 1 aliphatic heterocycles. The average molecular weight is 347 g/mol. The molecule has 0 radical (unpaired) electrons. The molecule has 1 aliphatic rings. The monoisotopic (exact) mass is 346 g/mol. The second kappa shape index (κ2) is 8.43. The van der Waals surface area contributed by atoms with Crippen molar-refractivity contribution in [2.75, 3.05) is 30.3 Å². The van der Waals surface area contributed by atoms with Gasteiger partial charge in [0.05, 0.1) is 4.90 Å². The van der Waals surface area contributed by atoms with Crippen LogP contribution in [0.4, 0.5) is 0 Å². The predicted octanol–water partition coefficient (Wildman–Crippen LogP) is 1.92.